The number of benzene rings is 14. The molecule has 0 saturated carbocycles. The van der Waals surface area contributed by atoms with E-state index in [0.717, 1.165) is 186 Å². The van der Waals surface area contributed by atoms with Gasteiger partial charge in [0, 0.05) is 119 Å². The number of nitrogens with zero attached hydrogens (tertiary/aromatic N) is 10. The van der Waals surface area contributed by atoms with Gasteiger partial charge in [-0.15, -0.1) is 22.7 Å². The number of para-hydroxylation sites is 2. The molecule has 0 amide bonds. The monoisotopic (exact) mass is 1500 g/mol. The van der Waals surface area contributed by atoms with E-state index in [4.69, 9.17) is 67.5 Å². The minimum Gasteiger partial charge on any atom is -0.456 e. The summed E-state index contributed by atoms with van der Waals surface area (Å²) in [6, 6.07) is 110. The van der Waals surface area contributed by atoms with Crippen molar-refractivity contribution in [2.45, 2.75) is 0 Å². The van der Waals surface area contributed by atoms with Crippen molar-refractivity contribution in [3.8, 4) is 114 Å². The molecule has 532 valence electrons. The van der Waals surface area contributed by atoms with Crippen molar-refractivity contribution in [2.24, 2.45) is 0 Å². The summed E-state index contributed by atoms with van der Waals surface area (Å²) in [5.41, 5.74) is 19.0. The van der Waals surface area contributed by atoms with Gasteiger partial charge < -0.3 is 17.7 Å². The smallest absolute Gasteiger partial charge is 0.164 e. The Morgan fingerprint density at radius 2 is 0.500 bits per heavy atom. The lowest BCUT2D eigenvalue weighted by Gasteiger charge is -2.10. The number of fused-ring (bicyclic) bond motifs is 18. The molecule has 0 radical (unpaired) electrons. The van der Waals surface area contributed by atoms with Crippen LogP contribution in [-0.2, 0) is 0 Å². The zero-order valence-corrected chi connectivity index (χ0v) is 61.7. The van der Waals surface area contributed by atoms with Gasteiger partial charge in [-0.1, -0.05) is 243 Å². The number of aromatic nitrogens is 10. The molecule has 14 aromatic carbocycles. The minimum atomic E-state index is 0.552. The fraction of sp³-hybridized carbons (Fsp3) is 0. The lowest BCUT2D eigenvalue weighted by Crippen LogP contribution is -2.00. The maximum absolute atomic E-state index is 6.66. The second kappa shape index (κ2) is 26.3. The van der Waals surface area contributed by atoms with Gasteiger partial charge in [0.2, 0.25) is 0 Å². The molecular formula is C98H54N10O4S2. The number of hydrogen-bond acceptors (Lipinski definition) is 16. The third kappa shape index (κ3) is 10.9. The van der Waals surface area contributed by atoms with Gasteiger partial charge in [0.15, 0.2) is 46.6 Å². The summed E-state index contributed by atoms with van der Waals surface area (Å²) in [6.07, 6.45) is 0. The molecule has 0 N–H and O–H groups in total. The Balaban J connectivity index is 0.000000135. The van der Waals surface area contributed by atoms with Crippen LogP contribution in [0.5, 0.6) is 0 Å². The first-order chi connectivity index (χ1) is 56.4. The largest absolute Gasteiger partial charge is 0.456 e. The van der Waals surface area contributed by atoms with Gasteiger partial charge in [0.25, 0.3) is 0 Å². The highest BCUT2D eigenvalue weighted by molar-refractivity contribution is 7.26. The van der Waals surface area contributed by atoms with Crippen LogP contribution >= 0.6 is 22.7 Å². The summed E-state index contributed by atoms with van der Waals surface area (Å²) in [5.74, 6) is 4.79. The van der Waals surface area contributed by atoms with Crippen LogP contribution in [0.15, 0.2) is 345 Å². The predicted octanol–water partition coefficient (Wildman–Crippen LogP) is 26.3. The summed E-state index contributed by atoms with van der Waals surface area (Å²) < 4.78 is 30.1. The molecule has 0 atom stereocenters. The normalized spacial score (nSPS) is 11.9. The molecule has 0 fully saturated rings. The molecule has 0 bridgehead atoms. The van der Waals surface area contributed by atoms with Crippen LogP contribution in [0, 0.1) is 0 Å². The maximum Gasteiger partial charge on any atom is 0.164 e. The Bertz CT molecular complexity index is 8020. The van der Waals surface area contributed by atoms with Gasteiger partial charge in [-0.25, -0.2) is 49.8 Å². The van der Waals surface area contributed by atoms with Crippen molar-refractivity contribution in [3.05, 3.63) is 328 Å². The Labute approximate surface area is 655 Å². The van der Waals surface area contributed by atoms with E-state index in [0.29, 0.717) is 46.6 Å². The van der Waals surface area contributed by atoms with Crippen molar-refractivity contribution in [1.29, 1.82) is 0 Å². The Morgan fingerprint density at radius 3 is 0.956 bits per heavy atom. The second-order valence-corrected chi connectivity index (χ2v) is 30.1. The highest BCUT2D eigenvalue weighted by atomic mass is 32.1. The molecule has 0 aliphatic rings. The summed E-state index contributed by atoms with van der Waals surface area (Å²) in [4.78, 5) is 51.3. The Hall–Kier alpha value is -15.1. The van der Waals surface area contributed by atoms with Crippen LogP contribution in [0.2, 0.25) is 0 Å². The molecule has 0 aliphatic carbocycles. The van der Waals surface area contributed by atoms with Gasteiger partial charge in [-0.05, 0) is 84.9 Å². The first kappa shape index (κ1) is 64.8. The zero-order chi connectivity index (χ0) is 74.9. The van der Waals surface area contributed by atoms with Crippen LogP contribution in [0.4, 0.5) is 0 Å². The summed E-state index contributed by atoms with van der Waals surface area (Å²) in [5, 5.41) is 10.1. The van der Waals surface area contributed by atoms with E-state index < -0.39 is 0 Å². The SMILES string of the molecule is c1ccc(-c2nc(-c3ccc4oc5ccccc5c4c3)nc(-c3cccc4oc5cc(-c6nc(-c7ccccc7)nc7c6sc6ccccc67)ccc5c34)n2)cc1.c1ccc(-c2nc(-c3cccc4oc5ccccc5c34)nc(-c3cccc4oc5cc(-c6nc(-c7ccccc7)nc7c6sc6ccccc67)ccc5c34)n2)cc1. The van der Waals surface area contributed by atoms with E-state index in [1.54, 1.807) is 22.7 Å². The Kier molecular flexibility index (Phi) is 15.0. The topological polar surface area (TPSA) is 181 Å². The van der Waals surface area contributed by atoms with Gasteiger partial charge in [-0.2, -0.15) is 0 Å². The molecule has 0 aliphatic heterocycles. The number of hydrogen-bond donors (Lipinski definition) is 0. The number of rotatable bonds is 10. The zero-order valence-electron chi connectivity index (χ0n) is 60.1. The van der Waals surface area contributed by atoms with Crippen molar-refractivity contribution in [3.63, 3.8) is 0 Å². The van der Waals surface area contributed by atoms with Crippen molar-refractivity contribution < 1.29 is 17.7 Å². The molecule has 16 heteroatoms. The molecule has 10 heterocycles. The minimum absolute atomic E-state index is 0.552. The van der Waals surface area contributed by atoms with Crippen molar-refractivity contribution in [2.75, 3.05) is 0 Å². The second-order valence-electron chi connectivity index (χ2n) is 28.0. The average molecular weight is 1500 g/mol. The molecule has 24 aromatic rings. The van der Waals surface area contributed by atoms with Crippen molar-refractivity contribution in [1.82, 2.24) is 49.8 Å². The van der Waals surface area contributed by atoms with Crippen molar-refractivity contribution >= 4 is 151 Å². The van der Waals surface area contributed by atoms with Crippen LogP contribution in [-0.4, -0.2) is 49.8 Å². The van der Waals surface area contributed by atoms with Gasteiger partial charge >= 0.3 is 0 Å². The summed E-state index contributed by atoms with van der Waals surface area (Å²) in [6.45, 7) is 0. The van der Waals surface area contributed by atoms with E-state index in [1.165, 1.54) is 9.40 Å². The standard InChI is InChI=1S/2C49H27N5O2S/c1-3-13-28(14-4-1)46-50-43(45-44(51-46)33-18-8-10-24-40(33)57-45)30-25-26-32-39(27-30)56-38-23-12-20-35(42(32)38)49-53-47(29-15-5-2-6-16-29)52-48(54-49)34-19-11-22-37-41(34)31-17-7-9-21-36(31)55-37;1-3-12-28(13-4-1)46-50-43(45-44(51-46)34-17-8-10-21-41(34)57-45)30-22-24-33-40(27-30)56-39-20-11-18-35(42(33)39)49-53-47(29-14-5-2-6-15-29)52-48(54-49)31-23-25-38-36(26-31)32-16-7-9-19-37(32)55-38/h2*1-27H. The molecule has 0 saturated heterocycles. The highest BCUT2D eigenvalue weighted by Gasteiger charge is 2.26. The van der Waals surface area contributed by atoms with E-state index in [9.17, 15) is 0 Å². The van der Waals surface area contributed by atoms with E-state index >= 15 is 0 Å². The fourth-order valence-corrected chi connectivity index (χ4v) is 18.1. The first-order valence-corrected chi connectivity index (χ1v) is 39.0. The fourth-order valence-electron chi connectivity index (χ4n) is 15.8. The third-order valence-electron chi connectivity index (χ3n) is 21.1. The molecule has 24 rings (SSSR count). The Morgan fingerprint density at radius 1 is 0.184 bits per heavy atom. The quantitative estimate of drug-likeness (QED) is 0.126. The first-order valence-electron chi connectivity index (χ1n) is 37.3. The molecule has 0 spiro atoms. The molecule has 114 heavy (non-hydrogen) atoms. The summed E-state index contributed by atoms with van der Waals surface area (Å²) in [7, 11) is 0. The molecule has 0 unspecified atom stereocenters. The van der Waals surface area contributed by atoms with Gasteiger partial charge in [0.05, 0.1) is 31.8 Å². The van der Waals surface area contributed by atoms with E-state index in [-0.39, 0.29) is 0 Å². The molecule has 14 nitrogen and oxygen atoms in total. The lowest BCUT2D eigenvalue weighted by molar-refractivity contribution is 0.668. The van der Waals surface area contributed by atoms with E-state index in [2.05, 4.69) is 146 Å². The number of thiophene rings is 2. The number of furan rings is 4. The lowest BCUT2D eigenvalue weighted by atomic mass is 10.0. The predicted molar refractivity (Wildman–Crippen MR) is 460 cm³/mol. The average Bonchev–Trinajstić information content (AvgIpc) is 1.57. The maximum atomic E-state index is 6.66. The van der Waals surface area contributed by atoms with Crippen LogP contribution < -0.4 is 0 Å². The molecule has 10 aromatic heterocycles. The van der Waals surface area contributed by atoms with E-state index in [1.807, 2.05) is 182 Å². The third-order valence-corrected chi connectivity index (χ3v) is 23.5. The van der Waals surface area contributed by atoms with Crippen LogP contribution in [0.3, 0.4) is 0 Å². The van der Waals surface area contributed by atoms with Gasteiger partial charge in [-0.3, -0.25) is 0 Å². The highest BCUT2D eigenvalue weighted by Crippen LogP contribution is 2.47. The summed E-state index contributed by atoms with van der Waals surface area (Å²) >= 11 is 3.43. The van der Waals surface area contributed by atoms with Crippen LogP contribution in [0.25, 0.3) is 242 Å². The molecular weight excluding hydrogens is 1450 g/mol. The van der Waals surface area contributed by atoms with Crippen LogP contribution in [0.1, 0.15) is 0 Å². The van der Waals surface area contributed by atoms with Gasteiger partial charge in [0.1, 0.15) is 44.7 Å².